The van der Waals surface area contributed by atoms with E-state index >= 15 is 0 Å². The van der Waals surface area contributed by atoms with E-state index in [2.05, 4.69) is 11.2 Å². The molecule has 0 aliphatic carbocycles. The highest BCUT2D eigenvalue weighted by Gasteiger charge is 2.24. The fraction of sp³-hybridized carbons (Fsp3) is 0.900. The van der Waals surface area contributed by atoms with Crippen LogP contribution in [0.5, 0.6) is 0 Å². The first-order valence-corrected chi connectivity index (χ1v) is 6.82. The van der Waals surface area contributed by atoms with Crippen LogP contribution in [0.3, 0.4) is 0 Å². The Morgan fingerprint density at radius 2 is 1.50 bits per heavy atom. The Morgan fingerprint density at radius 3 is 2.00 bits per heavy atom. The molecule has 0 N–H and O–H groups in total. The maximum absolute atomic E-state index is 10.8. The van der Waals surface area contributed by atoms with Gasteiger partial charge in [0, 0.05) is 0 Å². The number of halogens is 1. The van der Waals surface area contributed by atoms with Crippen molar-refractivity contribution in [1.82, 2.24) is 0 Å². The average molecular weight is 255 g/mol. The molecule has 0 heterocycles. The molecule has 0 aromatic rings. The third kappa shape index (κ3) is 11.7. The van der Waals surface area contributed by atoms with E-state index in [1.807, 2.05) is 0 Å². The summed E-state index contributed by atoms with van der Waals surface area (Å²) in [5.74, 6) is -0.967. The van der Waals surface area contributed by atoms with Crippen molar-refractivity contribution in [2.45, 2.75) is 58.3 Å². The summed E-state index contributed by atoms with van der Waals surface area (Å²) in [6, 6.07) is 0. The van der Waals surface area contributed by atoms with Crippen LogP contribution >= 0.6 is 0 Å². The maximum Gasteiger partial charge on any atom is 0.463 e. The van der Waals surface area contributed by atoms with Crippen molar-refractivity contribution >= 4 is 5.97 Å². The van der Waals surface area contributed by atoms with Gasteiger partial charge in [0.15, 0.2) is 0 Å². The molecule has 6 heteroatoms. The highest BCUT2D eigenvalue weighted by atomic mass is 35.7. The summed E-state index contributed by atoms with van der Waals surface area (Å²) in [7, 11) is -4.61. The second-order valence-corrected chi connectivity index (χ2v) is 4.61. The van der Waals surface area contributed by atoms with Gasteiger partial charge < -0.3 is 0 Å². The molecule has 0 aliphatic rings. The molecule has 96 valence electrons. The van der Waals surface area contributed by atoms with Crippen LogP contribution in [0, 0.1) is 10.2 Å². The van der Waals surface area contributed by atoms with Gasteiger partial charge in [-0.2, -0.15) is 14.0 Å². The van der Waals surface area contributed by atoms with E-state index < -0.39 is 16.2 Å². The highest BCUT2D eigenvalue weighted by Crippen LogP contribution is 2.09. The Morgan fingerprint density at radius 1 is 1.00 bits per heavy atom. The van der Waals surface area contributed by atoms with Crippen LogP contribution in [0.25, 0.3) is 0 Å². The van der Waals surface area contributed by atoms with Gasteiger partial charge in [0.2, 0.25) is 0 Å². The van der Waals surface area contributed by atoms with Crippen LogP contribution in [0.2, 0.25) is 0 Å². The predicted molar refractivity (Wildman–Crippen MR) is 48.7 cm³/mol. The Labute approximate surface area is 98.1 Å². The second kappa shape index (κ2) is 8.75. The molecular formula is C10H19ClO5. The fourth-order valence-electron chi connectivity index (χ4n) is 1.37. The lowest BCUT2D eigenvalue weighted by Crippen LogP contribution is -2.61. The first-order valence-electron chi connectivity index (χ1n) is 5.59. The average Bonchev–Trinajstić information content (AvgIpc) is 2.13. The van der Waals surface area contributed by atoms with Gasteiger partial charge in [-0.25, -0.2) is 4.79 Å². The van der Waals surface area contributed by atoms with Gasteiger partial charge in [-0.15, -0.1) is 0 Å². The number of carbonyl (C=O) groups is 1. The molecule has 0 radical (unpaired) electrons. The molecule has 16 heavy (non-hydrogen) atoms. The second-order valence-electron chi connectivity index (χ2n) is 3.70. The van der Waals surface area contributed by atoms with Crippen LogP contribution in [0.4, 0.5) is 0 Å². The van der Waals surface area contributed by atoms with Crippen LogP contribution in [0.1, 0.15) is 58.3 Å². The molecule has 0 aromatic carbocycles. The Kier molecular flexibility index (Phi) is 8.56. The van der Waals surface area contributed by atoms with Gasteiger partial charge >= 0.3 is 5.97 Å². The summed E-state index contributed by atoms with van der Waals surface area (Å²) in [4.78, 5) is 10.8. The van der Waals surface area contributed by atoms with Crippen LogP contribution in [-0.2, 0) is 9.08 Å². The molecule has 0 bridgehead atoms. The topological polar surface area (TPSA) is 95.5 Å². The summed E-state index contributed by atoms with van der Waals surface area (Å²) >= 11 is 0. The monoisotopic (exact) mass is 254 g/mol. The van der Waals surface area contributed by atoms with E-state index in [0.29, 0.717) is 6.42 Å². The zero-order chi connectivity index (χ0) is 12.4. The molecule has 0 atom stereocenters. The van der Waals surface area contributed by atoms with E-state index in [-0.39, 0.29) is 6.42 Å². The van der Waals surface area contributed by atoms with Crippen LogP contribution in [0.15, 0.2) is 0 Å². The van der Waals surface area contributed by atoms with E-state index in [0.717, 1.165) is 19.3 Å². The van der Waals surface area contributed by atoms with Crippen molar-refractivity contribution in [3.8, 4) is 0 Å². The number of hydrogen-bond acceptors (Lipinski definition) is 5. The zero-order valence-electron chi connectivity index (χ0n) is 9.58. The van der Waals surface area contributed by atoms with Crippen molar-refractivity contribution in [2.75, 3.05) is 0 Å². The van der Waals surface area contributed by atoms with E-state index in [4.69, 9.17) is 0 Å². The smallest absolute Gasteiger partial charge is 0.234 e. The molecule has 0 amide bonds. The zero-order valence-corrected chi connectivity index (χ0v) is 10.3. The minimum atomic E-state index is -4.61. The number of hydrogen-bond donors (Lipinski definition) is 0. The Hall–Kier alpha value is -0.360. The molecule has 0 spiro atoms. The van der Waals surface area contributed by atoms with E-state index in [1.54, 1.807) is 0 Å². The summed E-state index contributed by atoms with van der Waals surface area (Å²) in [6.45, 7) is 2.14. The quantitative estimate of drug-likeness (QED) is 0.520. The fourth-order valence-corrected chi connectivity index (χ4v) is 1.66. The van der Waals surface area contributed by atoms with Gasteiger partial charge in [0.1, 0.15) is 10.2 Å². The van der Waals surface area contributed by atoms with Crippen molar-refractivity contribution < 1.29 is 33.3 Å². The first-order chi connectivity index (χ1) is 7.45. The van der Waals surface area contributed by atoms with Crippen LogP contribution < -0.4 is 14.0 Å². The molecule has 0 rings (SSSR count). The Bertz CT molecular complexity index is 190. The van der Waals surface area contributed by atoms with Crippen molar-refractivity contribution in [2.24, 2.45) is 0 Å². The summed E-state index contributed by atoms with van der Waals surface area (Å²) in [6.07, 6.45) is 7.15. The molecular weight excluding hydrogens is 236 g/mol. The standard InChI is InChI=1S/C10H19ClO5/c1-2-3-4-5-6-7-8-9-10(12)16-11(13,14)15/h2-9H2,1H3. The summed E-state index contributed by atoms with van der Waals surface area (Å²) in [5.41, 5.74) is 0. The maximum atomic E-state index is 10.8. The summed E-state index contributed by atoms with van der Waals surface area (Å²) in [5, 5.41) is 0. The lowest BCUT2D eigenvalue weighted by Gasteiger charge is -2.10. The molecule has 5 nitrogen and oxygen atoms in total. The van der Waals surface area contributed by atoms with Crippen molar-refractivity contribution in [3.05, 3.63) is 0 Å². The first kappa shape index (κ1) is 15.6. The lowest BCUT2D eigenvalue weighted by atomic mass is 10.1. The van der Waals surface area contributed by atoms with E-state index in [9.17, 15) is 18.8 Å². The third-order valence-corrected chi connectivity index (χ3v) is 2.53. The lowest BCUT2D eigenvalue weighted by molar-refractivity contribution is -1.92. The molecule has 0 saturated carbocycles. The van der Waals surface area contributed by atoms with Crippen molar-refractivity contribution in [1.29, 1.82) is 0 Å². The van der Waals surface area contributed by atoms with Gasteiger partial charge in [-0.3, -0.25) is 0 Å². The molecule has 0 aromatic heterocycles. The van der Waals surface area contributed by atoms with Crippen molar-refractivity contribution in [3.63, 3.8) is 0 Å². The van der Waals surface area contributed by atoms with Gasteiger partial charge in [0.25, 0.3) is 0 Å². The normalized spacial score (nSPS) is 11.5. The number of carbonyl (C=O) groups excluding carboxylic acids is 1. The Balaban J connectivity index is 3.28. The molecule has 0 saturated heterocycles. The largest absolute Gasteiger partial charge is 0.463 e. The molecule has 0 aliphatic heterocycles. The SMILES string of the molecule is CCCCCCCCCC(=O)O[Cl+3]([O-])([O-])[O-]. The number of rotatable bonds is 9. The third-order valence-electron chi connectivity index (χ3n) is 2.16. The van der Waals surface area contributed by atoms with Gasteiger partial charge in [-0.05, 0) is 10.7 Å². The highest BCUT2D eigenvalue weighted by molar-refractivity contribution is 5.68. The van der Waals surface area contributed by atoms with E-state index in [1.165, 1.54) is 19.3 Å². The summed E-state index contributed by atoms with van der Waals surface area (Å²) < 4.78 is 33.7. The minimum Gasteiger partial charge on any atom is -0.234 e. The molecule has 0 fully saturated rings. The predicted octanol–water partition coefficient (Wildman–Crippen LogP) is -0.432. The number of unbranched alkanes of at least 4 members (excludes halogenated alkanes) is 6. The molecule has 0 unspecified atom stereocenters. The van der Waals surface area contributed by atoms with Crippen LogP contribution in [-0.4, -0.2) is 5.97 Å². The van der Waals surface area contributed by atoms with Gasteiger partial charge in [-0.1, -0.05) is 45.4 Å². The van der Waals surface area contributed by atoms with Gasteiger partial charge in [0.05, 0.1) is 6.42 Å². The minimum absolute atomic E-state index is 0.0117.